The van der Waals surface area contributed by atoms with Crippen molar-refractivity contribution in [1.29, 1.82) is 0 Å². The first-order chi connectivity index (χ1) is 9.39. The van der Waals surface area contributed by atoms with Crippen LogP contribution in [0.25, 0.3) is 0 Å². The number of hydrogen-bond donors (Lipinski definition) is 1. The lowest BCUT2D eigenvalue weighted by molar-refractivity contribution is 0.0879. The summed E-state index contributed by atoms with van der Waals surface area (Å²) in [6.07, 6.45) is 2.83. The molecule has 0 aliphatic carbocycles. The fourth-order valence-corrected chi connectivity index (χ4v) is 3.21. The Kier molecular flexibility index (Phi) is 6.49. The lowest BCUT2D eigenvalue weighted by atomic mass is 9.89. The van der Waals surface area contributed by atoms with Crippen molar-refractivity contribution in [2.24, 2.45) is 7.05 Å². The van der Waals surface area contributed by atoms with E-state index in [2.05, 4.69) is 49.9 Å². The number of nitrogens with one attached hydrogen (secondary N) is 1. The summed E-state index contributed by atoms with van der Waals surface area (Å²) in [6, 6.07) is 0.155. The molecule has 0 spiro atoms. The van der Waals surface area contributed by atoms with Crippen LogP contribution in [-0.2, 0) is 7.05 Å². The molecule has 116 valence electrons. The van der Waals surface area contributed by atoms with Gasteiger partial charge in [0.15, 0.2) is 0 Å². The first-order valence-electron chi connectivity index (χ1n) is 7.55. The van der Waals surface area contributed by atoms with Crippen LogP contribution >= 0.6 is 11.6 Å². The summed E-state index contributed by atoms with van der Waals surface area (Å²) in [4.78, 5) is 2.46. The van der Waals surface area contributed by atoms with Crippen LogP contribution in [0.15, 0.2) is 6.20 Å². The molecule has 0 amide bonds. The second-order valence-corrected chi connectivity index (χ2v) is 6.12. The fourth-order valence-electron chi connectivity index (χ4n) is 2.94. The Morgan fingerprint density at radius 2 is 1.95 bits per heavy atom. The van der Waals surface area contributed by atoms with Gasteiger partial charge in [-0.1, -0.05) is 32.4 Å². The highest BCUT2D eigenvalue weighted by Crippen LogP contribution is 2.34. The van der Waals surface area contributed by atoms with E-state index in [1.165, 1.54) is 0 Å². The van der Waals surface area contributed by atoms with Crippen molar-refractivity contribution in [3.05, 3.63) is 16.9 Å². The third-order valence-corrected chi connectivity index (χ3v) is 4.39. The molecule has 0 bridgehead atoms. The summed E-state index contributed by atoms with van der Waals surface area (Å²) in [7, 11) is 1.96. The molecule has 1 atom stereocenters. The van der Waals surface area contributed by atoms with E-state index < -0.39 is 0 Å². The normalized spacial score (nSPS) is 14.0. The number of aryl methyl sites for hydroxylation is 1. The van der Waals surface area contributed by atoms with E-state index in [1.807, 2.05) is 11.7 Å². The molecule has 4 nitrogen and oxygen atoms in total. The van der Waals surface area contributed by atoms with Crippen molar-refractivity contribution >= 4 is 11.6 Å². The summed E-state index contributed by atoms with van der Waals surface area (Å²) < 4.78 is 1.89. The largest absolute Gasteiger partial charge is 0.307 e. The van der Waals surface area contributed by atoms with E-state index in [9.17, 15) is 0 Å². The second-order valence-electron chi connectivity index (χ2n) is 5.71. The third-order valence-electron chi connectivity index (χ3n) is 4.09. The Hall–Kier alpha value is -0.580. The van der Waals surface area contributed by atoms with Gasteiger partial charge in [-0.25, -0.2) is 0 Å². The van der Waals surface area contributed by atoms with Crippen molar-refractivity contribution in [1.82, 2.24) is 20.0 Å². The molecular formula is C15H29ClN4. The van der Waals surface area contributed by atoms with Gasteiger partial charge in [-0.3, -0.25) is 9.58 Å². The molecule has 1 N–H and O–H groups in total. The van der Waals surface area contributed by atoms with Crippen molar-refractivity contribution in [3.63, 3.8) is 0 Å². The molecule has 0 aliphatic heterocycles. The van der Waals surface area contributed by atoms with Crippen LogP contribution < -0.4 is 5.32 Å². The molecule has 0 radical (unpaired) electrons. The van der Waals surface area contributed by atoms with Crippen LogP contribution in [0.3, 0.4) is 0 Å². The molecule has 1 aromatic rings. The first kappa shape index (κ1) is 17.5. The quantitative estimate of drug-likeness (QED) is 0.800. The predicted octanol–water partition coefficient (Wildman–Crippen LogP) is 3.23. The Bertz CT molecular complexity index is 391. The average Bonchev–Trinajstić information content (AvgIpc) is 2.72. The standard InChI is InChI=1S/C15H29ClN4/c1-7-10-17-14(13-12(16)11-18-19(13)6)15(4,5)20(8-2)9-3/h11,14,17H,7-10H2,1-6H3. The van der Waals surface area contributed by atoms with Gasteiger partial charge in [0.25, 0.3) is 0 Å². The second kappa shape index (κ2) is 7.43. The number of likely N-dealkylation sites (N-methyl/N-ethyl adjacent to an activating group) is 1. The highest BCUT2D eigenvalue weighted by atomic mass is 35.5. The molecule has 1 aromatic heterocycles. The summed E-state index contributed by atoms with van der Waals surface area (Å²) in [5.41, 5.74) is 1.04. The number of halogens is 1. The highest BCUT2D eigenvalue weighted by molar-refractivity contribution is 6.31. The summed E-state index contributed by atoms with van der Waals surface area (Å²) in [6.45, 7) is 14.1. The maximum absolute atomic E-state index is 6.37. The maximum atomic E-state index is 6.37. The van der Waals surface area contributed by atoms with E-state index in [0.717, 1.165) is 36.8 Å². The molecule has 0 aromatic carbocycles. The Balaban J connectivity index is 3.18. The molecule has 0 aliphatic rings. The molecular weight excluding hydrogens is 272 g/mol. The molecule has 1 heterocycles. The molecule has 0 fully saturated rings. The van der Waals surface area contributed by atoms with Crippen LogP contribution in [0.5, 0.6) is 0 Å². The smallest absolute Gasteiger partial charge is 0.0834 e. The van der Waals surface area contributed by atoms with Crippen LogP contribution in [0.2, 0.25) is 5.02 Å². The van der Waals surface area contributed by atoms with Gasteiger partial charge in [-0.2, -0.15) is 5.10 Å². The minimum Gasteiger partial charge on any atom is -0.307 e. The zero-order valence-corrected chi connectivity index (χ0v) is 14.5. The van der Waals surface area contributed by atoms with Gasteiger partial charge in [0.1, 0.15) is 0 Å². The zero-order valence-electron chi connectivity index (χ0n) is 13.7. The number of rotatable bonds is 8. The fraction of sp³-hybridized carbons (Fsp3) is 0.800. The minimum absolute atomic E-state index is 0.0316. The zero-order chi connectivity index (χ0) is 15.3. The van der Waals surface area contributed by atoms with Crippen LogP contribution in [0, 0.1) is 0 Å². The molecule has 1 rings (SSSR count). The summed E-state index contributed by atoms with van der Waals surface area (Å²) in [5, 5.41) is 8.69. The van der Waals surface area contributed by atoms with E-state index in [1.54, 1.807) is 6.20 Å². The van der Waals surface area contributed by atoms with Crippen molar-refractivity contribution in [2.75, 3.05) is 19.6 Å². The van der Waals surface area contributed by atoms with E-state index in [0.29, 0.717) is 0 Å². The number of aromatic nitrogens is 2. The first-order valence-corrected chi connectivity index (χ1v) is 7.93. The lowest BCUT2D eigenvalue weighted by Gasteiger charge is -2.44. The third kappa shape index (κ3) is 3.54. The van der Waals surface area contributed by atoms with Gasteiger partial charge >= 0.3 is 0 Å². The number of nitrogens with zero attached hydrogens (tertiary/aromatic N) is 3. The SMILES string of the molecule is CCCNC(c1c(Cl)cnn1C)C(C)(C)N(CC)CC. The Morgan fingerprint density at radius 1 is 1.35 bits per heavy atom. The van der Waals surface area contributed by atoms with Crippen LogP contribution in [0.4, 0.5) is 0 Å². The summed E-state index contributed by atoms with van der Waals surface area (Å²) >= 11 is 6.37. The maximum Gasteiger partial charge on any atom is 0.0834 e. The van der Waals surface area contributed by atoms with Crippen molar-refractivity contribution < 1.29 is 0 Å². The van der Waals surface area contributed by atoms with Gasteiger partial charge in [-0.05, 0) is 39.9 Å². The summed E-state index contributed by atoms with van der Waals surface area (Å²) in [5.74, 6) is 0. The van der Waals surface area contributed by atoms with Gasteiger partial charge < -0.3 is 5.32 Å². The van der Waals surface area contributed by atoms with E-state index in [4.69, 9.17) is 11.6 Å². The molecule has 0 saturated heterocycles. The molecule has 5 heteroatoms. The Labute approximate surface area is 128 Å². The molecule has 20 heavy (non-hydrogen) atoms. The van der Waals surface area contributed by atoms with Crippen LogP contribution in [-0.4, -0.2) is 39.9 Å². The number of hydrogen-bond acceptors (Lipinski definition) is 3. The molecule has 1 unspecified atom stereocenters. The minimum atomic E-state index is -0.0316. The topological polar surface area (TPSA) is 33.1 Å². The van der Waals surface area contributed by atoms with Crippen LogP contribution in [0.1, 0.15) is 52.8 Å². The van der Waals surface area contributed by atoms with E-state index in [-0.39, 0.29) is 11.6 Å². The molecule has 0 saturated carbocycles. The monoisotopic (exact) mass is 300 g/mol. The van der Waals surface area contributed by atoms with E-state index >= 15 is 0 Å². The Morgan fingerprint density at radius 3 is 2.35 bits per heavy atom. The van der Waals surface area contributed by atoms with Gasteiger partial charge in [0.2, 0.25) is 0 Å². The van der Waals surface area contributed by atoms with Crippen molar-refractivity contribution in [2.45, 2.75) is 52.6 Å². The highest BCUT2D eigenvalue weighted by Gasteiger charge is 2.37. The average molecular weight is 301 g/mol. The van der Waals surface area contributed by atoms with Gasteiger partial charge in [0, 0.05) is 12.6 Å². The predicted molar refractivity (Wildman–Crippen MR) is 86.3 cm³/mol. The van der Waals surface area contributed by atoms with Gasteiger partial charge in [0.05, 0.1) is 23.0 Å². The lowest BCUT2D eigenvalue weighted by Crippen LogP contribution is -2.53. The van der Waals surface area contributed by atoms with Crippen molar-refractivity contribution in [3.8, 4) is 0 Å². The van der Waals surface area contributed by atoms with Gasteiger partial charge in [-0.15, -0.1) is 0 Å².